The van der Waals surface area contributed by atoms with Crippen LogP contribution in [0.25, 0.3) is 0 Å². The quantitative estimate of drug-likeness (QED) is 0.794. The highest BCUT2D eigenvalue weighted by atomic mass is 19.1. The average Bonchev–Trinajstić information content (AvgIpc) is 2.16. The number of benzene rings is 1. The van der Waals surface area contributed by atoms with Gasteiger partial charge in [0.1, 0.15) is 5.82 Å². The van der Waals surface area contributed by atoms with Crippen LogP contribution in [-0.4, -0.2) is 13.6 Å². The van der Waals surface area contributed by atoms with E-state index >= 15 is 0 Å². The van der Waals surface area contributed by atoms with Crippen LogP contribution in [0.1, 0.15) is 25.5 Å². The van der Waals surface area contributed by atoms with Crippen molar-refractivity contribution in [2.24, 2.45) is 5.73 Å². The van der Waals surface area contributed by atoms with Crippen molar-refractivity contribution in [2.75, 3.05) is 18.5 Å². The number of hydrogen-bond acceptors (Lipinski definition) is 2. The molecule has 1 atom stereocenters. The number of anilines is 1. The van der Waals surface area contributed by atoms with Gasteiger partial charge >= 0.3 is 0 Å². The van der Waals surface area contributed by atoms with Crippen LogP contribution in [0, 0.1) is 5.82 Å². The van der Waals surface area contributed by atoms with E-state index < -0.39 is 0 Å². The Bertz CT molecular complexity index is 386. The van der Waals surface area contributed by atoms with Crippen LogP contribution in [0.15, 0.2) is 30.4 Å². The summed E-state index contributed by atoms with van der Waals surface area (Å²) in [6.45, 7) is 8.43. The molecule has 0 aliphatic heterocycles. The number of likely N-dealkylation sites (N-methyl/N-ethyl adjacent to an activating group) is 1. The predicted molar refractivity (Wildman–Crippen MR) is 67.1 cm³/mol. The Morgan fingerprint density at radius 2 is 2.19 bits per heavy atom. The highest BCUT2D eigenvalue weighted by Gasteiger charge is 2.11. The minimum Gasteiger partial charge on any atom is -0.370 e. The van der Waals surface area contributed by atoms with Crippen molar-refractivity contribution < 1.29 is 4.39 Å². The largest absolute Gasteiger partial charge is 0.370 e. The second-order valence-electron chi connectivity index (χ2n) is 4.30. The lowest BCUT2D eigenvalue weighted by Gasteiger charge is -2.24. The Morgan fingerprint density at radius 3 is 2.69 bits per heavy atom. The summed E-state index contributed by atoms with van der Waals surface area (Å²) >= 11 is 0. The molecule has 1 rings (SSSR count). The van der Waals surface area contributed by atoms with Crippen LogP contribution in [0.5, 0.6) is 0 Å². The van der Waals surface area contributed by atoms with Gasteiger partial charge in [-0.15, -0.1) is 0 Å². The molecular formula is C13H19FN2. The van der Waals surface area contributed by atoms with E-state index in [4.69, 9.17) is 5.73 Å². The average molecular weight is 222 g/mol. The second-order valence-corrected chi connectivity index (χ2v) is 4.30. The van der Waals surface area contributed by atoms with E-state index in [1.165, 1.54) is 12.1 Å². The van der Waals surface area contributed by atoms with Crippen molar-refractivity contribution in [2.45, 2.75) is 19.9 Å². The maximum absolute atomic E-state index is 13.1. The van der Waals surface area contributed by atoms with Gasteiger partial charge in [0.15, 0.2) is 0 Å². The SMILES string of the molecule is C=C(C)CN(C)c1ccc(F)cc1[C@H](C)N. The fraction of sp³-hybridized carbons (Fsp3) is 0.385. The van der Waals surface area contributed by atoms with Crippen molar-refractivity contribution in [3.63, 3.8) is 0 Å². The number of halogens is 1. The third kappa shape index (κ3) is 3.07. The molecule has 2 N–H and O–H groups in total. The van der Waals surface area contributed by atoms with Crippen molar-refractivity contribution in [3.05, 3.63) is 41.7 Å². The third-order valence-corrected chi connectivity index (χ3v) is 2.40. The number of nitrogens with zero attached hydrogens (tertiary/aromatic N) is 1. The van der Waals surface area contributed by atoms with Crippen molar-refractivity contribution in [1.82, 2.24) is 0 Å². The molecule has 0 aromatic heterocycles. The Kier molecular flexibility index (Phi) is 4.07. The van der Waals surface area contributed by atoms with Gasteiger partial charge in [0, 0.05) is 25.3 Å². The van der Waals surface area contributed by atoms with Crippen LogP contribution < -0.4 is 10.6 Å². The van der Waals surface area contributed by atoms with Gasteiger partial charge in [0.2, 0.25) is 0 Å². The molecule has 1 aromatic rings. The van der Waals surface area contributed by atoms with Gasteiger partial charge in [-0.2, -0.15) is 0 Å². The molecule has 0 fully saturated rings. The van der Waals surface area contributed by atoms with Gasteiger partial charge in [-0.1, -0.05) is 12.2 Å². The molecule has 1 aromatic carbocycles. The molecule has 0 heterocycles. The van der Waals surface area contributed by atoms with Crippen molar-refractivity contribution in [1.29, 1.82) is 0 Å². The lowest BCUT2D eigenvalue weighted by molar-refractivity contribution is 0.622. The summed E-state index contributed by atoms with van der Waals surface area (Å²) in [4.78, 5) is 2.03. The molecule has 0 amide bonds. The van der Waals surface area contributed by atoms with E-state index in [0.717, 1.165) is 23.4 Å². The minimum atomic E-state index is -0.250. The van der Waals surface area contributed by atoms with Crippen LogP contribution in [0.2, 0.25) is 0 Å². The van der Waals surface area contributed by atoms with Crippen LogP contribution >= 0.6 is 0 Å². The number of nitrogens with two attached hydrogens (primary N) is 1. The second kappa shape index (κ2) is 5.12. The first kappa shape index (κ1) is 12.7. The lowest BCUT2D eigenvalue weighted by Crippen LogP contribution is -2.22. The highest BCUT2D eigenvalue weighted by Crippen LogP contribution is 2.25. The molecule has 2 nitrogen and oxygen atoms in total. The molecule has 0 radical (unpaired) electrons. The van der Waals surface area contributed by atoms with Crippen molar-refractivity contribution in [3.8, 4) is 0 Å². The fourth-order valence-corrected chi connectivity index (χ4v) is 1.73. The van der Waals surface area contributed by atoms with Gasteiger partial charge in [-0.25, -0.2) is 4.39 Å². The molecular weight excluding hydrogens is 203 g/mol. The molecule has 0 saturated carbocycles. The topological polar surface area (TPSA) is 29.3 Å². The van der Waals surface area contributed by atoms with E-state index in [0.29, 0.717) is 0 Å². The van der Waals surface area contributed by atoms with E-state index in [2.05, 4.69) is 6.58 Å². The van der Waals surface area contributed by atoms with Gasteiger partial charge < -0.3 is 10.6 Å². The first-order valence-electron chi connectivity index (χ1n) is 5.32. The monoisotopic (exact) mass is 222 g/mol. The van der Waals surface area contributed by atoms with E-state index in [9.17, 15) is 4.39 Å². The molecule has 0 bridgehead atoms. The normalized spacial score (nSPS) is 12.3. The maximum Gasteiger partial charge on any atom is 0.123 e. The highest BCUT2D eigenvalue weighted by molar-refractivity contribution is 5.55. The summed E-state index contributed by atoms with van der Waals surface area (Å²) in [5.41, 5.74) is 8.67. The summed E-state index contributed by atoms with van der Waals surface area (Å²) in [5.74, 6) is -0.250. The molecule has 0 unspecified atom stereocenters. The summed E-state index contributed by atoms with van der Waals surface area (Å²) < 4.78 is 13.1. The maximum atomic E-state index is 13.1. The summed E-state index contributed by atoms with van der Waals surface area (Å²) in [5, 5.41) is 0. The Balaban J connectivity index is 3.07. The molecule has 0 spiro atoms. The number of hydrogen-bond donors (Lipinski definition) is 1. The summed E-state index contributed by atoms with van der Waals surface area (Å²) in [6.07, 6.45) is 0. The first-order chi connectivity index (χ1) is 7.41. The smallest absolute Gasteiger partial charge is 0.123 e. The third-order valence-electron chi connectivity index (χ3n) is 2.40. The molecule has 0 aliphatic rings. The Morgan fingerprint density at radius 1 is 1.56 bits per heavy atom. The minimum absolute atomic E-state index is 0.182. The molecule has 3 heteroatoms. The van der Waals surface area contributed by atoms with E-state index in [1.807, 2.05) is 25.8 Å². The van der Waals surface area contributed by atoms with E-state index in [-0.39, 0.29) is 11.9 Å². The number of rotatable bonds is 4. The standard InChI is InChI=1S/C13H19FN2/c1-9(2)8-16(4)13-6-5-11(14)7-12(13)10(3)15/h5-7,10H,1,8,15H2,2-4H3/t10-/m0/s1. The Labute approximate surface area is 96.6 Å². The van der Waals surface area contributed by atoms with E-state index in [1.54, 1.807) is 6.07 Å². The predicted octanol–water partition coefficient (Wildman–Crippen LogP) is 2.86. The summed E-state index contributed by atoms with van der Waals surface area (Å²) in [6, 6.07) is 4.53. The van der Waals surface area contributed by atoms with Crippen LogP contribution in [0.3, 0.4) is 0 Å². The summed E-state index contributed by atoms with van der Waals surface area (Å²) in [7, 11) is 1.95. The van der Waals surface area contributed by atoms with Crippen LogP contribution in [0.4, 0.5) is 10.1 Å². The van der Waals surface area contributed by atoms with Gasteiger partial charge in [0.05, 0.1) is 0 Å². The zero-order valence-corrected chi connectivity index (χ0v) is 10.1. The molecule has 16 heavy (non-hydrogen) atoms. The first-order valence-corrected chi connectivity index (χ1v) is 5.32. The molecule has 88 valence electrons. The zero-order valence-electron chi connectivity index (χ0n) is 10.1. The van der Waals surface area contributed by atoms with Crippen molar-refractivity contribution >= 4 is 5.69 Å². The molecule has 0 saturated heterocycles. The Hall–Kier alpha value is -1.35. The van der Waals surface area contributed by atoms with Crippen LogP contribution in [-0.2, 0) is 0 Å². The lowest BCUT2D eigenvalue weighted by atomic mass is 10.1. The van der Waals surface area contributed by atoms with Gasteiger partial charge in [0.25, 0.3) is 0 Å². The fourth-order valence-electron chi connectivity index (χ4n) is 1.73. The van der Waals surface area contributed by atoms with Gasteiger partial charge in [-0.05, 0) is 37.6 Å². The van der Waals surface area contributed by atoms with Gasteiger partial charge in [-0.3, -0.25) is 0 Å². The zero-order chi connectivity index (χ0) is 12.3. The molecule has 0 aliphatic carbocycles.